The first-order valence-corrected chi connectivity index (χ1v) is 3.67. The second-order valence-electron chi connectivity index (χ2n) is 2.24. The Morgan fingerprint density at radius 3 is 2.62 bits per heavy atom. The fraction of sp³-hybridized carbons (Fsp3) is 0.222. The number of nitrogens with one attached hydrogen (secondary N) is 1. The van der Waals surface area contributed by atoms with E-state index in [0.717, 1.165) is 0 Å². The SMILES string of the molecule is COc1cccc(N=C=N)c1OC. The zero-order chi connectivity index (χ0) is 9.68. The first-order chi connectivity index (χ1) is 6.33. The maximum absolute atomic E-state index is 6.73. The van der Waals surface area contributed by atoms with Crippen molar-refractivity contribution < 1.29 is 9.47 Å². The Bertz CT molecular complexity index is 343. The summed E-state index contributed by atoms with van der Waals surface area (Å²) in [4.78, 5) is 3.70. The number of hydrogen-bond donors (Lipinski definition) is 1. The lowest BCUT2D eigenvalue weighted by atomic mass is 10.3. The third kappa shape index (κ3) is 1.86. The number of rotatable bonds is 3. The highest BCUT2D eigenvalue weighted by atomic mass is 16.5. The molecule has 0 heterocycles. The minimum atomic E-state index is 0.518. The van der Waals surface area contributed by atoms with Crippen molar-refractivity contribution in [2.75, 3.05) is 14.2 Å². The Morgan fingerprint density at radius 1 is 1.31 bits per heavy atom. The Morgan fingerprint density at radius 2 is 2.08 bits per heavy atom. The molecule has 68 valence electrons. The summed E-state index contributed by atoms with van der Waals surface area (Å²) in [5.41, 5.74) is 0.539. The molecular formula is C9H10N2O2. The molecular weight excluding hydrogens is 168 g/mol. The second-order valence-corrected chi connectivity index (χ2v) is 2.24. The van der Waals surface area contributed by atoms with Gasteiger partial charge >= 0.3 is 0 Å². The van der Waals surface area contributed by atoms with Crippen LogP contribution in [0, 0.1) is 5.41 Å². The fourth-order valence-electron chi connectivity index (χ4n) is 1.02. The van der Waals surface area contributed by atoms with E-state index in [1.54, 1.807) is 25.3 Å². The van der Waals surface area contributed by atoms with E-state index in [0.29, 0.717) is 17.2 Å². The third-order valence-electron chi connectivity index (χ3n) is 1.56. The maximum atomic E-state index is 6.73. The van der Waals surface area contributed by atoms with Crippen LogP contribution in [0.4, 0.5) is 5.69 Å². The molecule has 0 fully saturated rings. The molecule has 0 unspecified atom stereocenters. The summed E-state index contributed by atoms with van der Waals surface area (Å²) in [6, 6.07) is 7.22. The van der Waals surface area contributed by atoms with Crippen LogP contribution in [0.15, 0.2) is 23.2 Å². The topological polar surface area (TPSA) is 54.7 Å². The average Bonchev–Trinajstić information content (AvgIpc) is 2.18. The van der Waals surface area contributed by atoms with E-state index in [4.69, 9.17) is 14.9 Å². The highest BCUT2D eigenvalue weighted by Gasteiger charge is 2.07. The van der Waals surface area contributed by atoms with Crippen molar-refractivity contribution in [3.63, 3.8) is 0 Å². The zero-order valence-corrected chi connectivity index (χ0v) is 7.50. The first-order valence-electron chi connectivity index (χ1n) is 3.67. The predicted octanol–water partition coefficient (Wildman–Crippen LogP) is 2.09. The predicted molar refractivity (Wildman–Crippen MR) is 49.4 cm³/mol. The molecule has 1 rings (SSSR count). The lowest BCUT2D eigenvalue weighted by molar-refractivity contribution is 0.356. The van der Waals surface area contributed by atoms with Gasteiger partial charge in [-0.05, 0) is 12.1 Å². The van der Waals surface area contributed by atoms with Gasteiger partial charge in [-0.3, -0.25) is 0 Å². The fourth-order valence-corrected chi connectivity index (χ4v) is 1.02. The summed E-state index contributed by atoms with van der Waals surface area (Å²) >= 11 is 0. The normalized spacial score (nSPS) is 8.77. The summed E-state index contributed by atoms with van der Waals surface area (Å²) < 4.78 is 10.1. The Hall–Kier alpha value is -1.80. The van der Waals surface area contributed by atoms with Crippen LogP contribution in [-0.2, 0) is 0 Å². The van der Waals surface area contributed by atoms with E-state index in [2.05, 4.69) is 4.99 Å². The van der Waals surface area contributed by atoms with Gasteiger partial charge in [0.1, 0.15) is 5.69 Å². The number of aliphatic imine (C=N–C) groups is 1. The molecule has 1 aromatic rings. The van der Waals surface area contributed by atoms with Gasteiger partial charge in [0.15, 0.2) is 11.5 Å². The van der Waals surface area contributed by atoms with Crippen LogP contribution in [0.1, 0.15) is 0 Å². The van der Waals surface area contributed by atoms with Crippen LogP contribution in [-0.4, -0.2) is 20.2 Å². The van der Waals surface area contributed by atoms with Crippen molar-refractivity contribution in [2.45, 2.75) is 0 Å². The van der Waals surface area contributed by atoms with Gasteiger partial charge in [-0.2, -0.15) is 4.99 Å². The molecule has 0 spiro atoms. The largest absolute Gasteiger partial charge is 0.493 e. The van der Waals surface area contributed by atoms with Crippen LogP contribution in [0.2, 0.25) is 0 Å². The molecule has 4 nitrogen and oxygen atoms in total. The lowest BCUT2D eigenvalue weighted by Gasteiger charge is -2.07. The molecule has 0 aliphatic heterocycles. The molecule has 0 saturated heterocycles. The monoisotopic (exact) mass is 178 g/mol. The van der Waals surface area contributed by atoms with Crippen LogP contribution in [0.3, 0.4) is 0 Å². The summed E-state index contributed by atoms with van der Waals surface area (Å²) in [5, 5.41) is 6.73. The number of para-hydroxylation sites is 1. The third-order valence-corrected chi connectivity index (χ3v) is 1.56. The summed E-state index contributed by atoms with van der Waals surface area (Å²) in [6.07, 6.45) is 0. The number of benzene rings is 1. The lowest BCUT2D eigenvalue weighted by Crippen LogP contribution is -1.89. The average molecular weight is 178 g/mol. The van der Waals surface area contributed by atoms with Crippen molar-refractivity contribution in [1.29, 1.82) is 5.41 Å². The number of nitrogens with zero attached hydrogens (tertiary/aromatic N) is 1. The molecule has 0 aliphatic carbocycles. The van der Waals surface area contributed by atoms with Crippen molar-refractivity contribution in [3.05, 3.63) is 18.2 Å². The first kappa shape index (κ1) is 9.29. The van der Waals surface area contributed by atoms with Gasteiger partial charge in [-0.15, -0.1) is 0 Å². The molecule has 0 radical (unpaired) electrons. The Labute approximate surface area is 76.3 Å². The standard InChI is InChI=1S/C9H10N2O2/c1-12-8-5-3-4-7(11-6-10)9(8)13-2/h3-5,10H,1-2H3. The van der Waals surface area contributed by atoms with Gasteiger partial charge < -0.3 is 9.47 Å². The highest BCUT2D eigenvalue weighted by Crippen LogP contribution is 2.36. The van der Waals surface area contributed by atoms with E-state index in [-0.39, 0.29) is 0 Å². The van der Waals surface area contributed by atoms with Crippen LogP contribution in [0.5, 0.6) is 11.5 Å². The molecule has 13 heavy (non-hydrogen) atoms. The zero-order valence-electron chi connectivity index (χ0n) is 7.50. The molecule has 1 aromatic carbocycles. The van der Waals surface area contributed by atoms with Crippen LogP contribution >= 0.6 is 0 Å². The summed E-state index contributed by atoms with van der Waals surface area (Å²) in [5.74, 6) is 1.11. The van der Waals surface area contributed by atoms with Gasteiger partial charge in [0.25, 0.3) is 0 Å². The van der Waals surface area contributed by atoms with Crippen LogP contribution < -0.4 is 9.47 Å². The summed E-state index contributed by atoms with van der Waals surface area (Å²) in [6.45, 7) is 0. The number of ether oxygens (including phenoxy) is 2. The van der Waals surface area contributed by atoms with Crippen molar-refractivity contribution >= 4 is 11.7 Å². The van der Waals surface area contributed by atoms with Gasteiger partial charge in [0, 0.05) is 0 Å². The van der Waals surface area contributed by atoms with E-state index >= 15 is 0 Å². The quantitative estimate of drug-likeness (QED) is 0.720. The molecule has 0 bridgehead atoms. The van der Waals surface area contributed by atoms with E-state index in [9.17, 15) is 0 Å². The number of methoxy groups -OCH3 is 2. The van der Waals surface area contributed by atoms with Crippen molar-refractivity contribution in [3.8, 4) is 11.5 Å². The minimum absolute atomic E-state index is 0.518. The Kier molecular flexibility index (Phi) is 3.06. The molecule has 0 aliphatic rings. The van der Waals surface area contributed by atoms with Crippen LogP contribution in [0.25, 0.3) is 0 Å². The van der Waals surface area contributed by atoms with Gasteiger partial charge in [-0.1, -0.05) is 6.07 Å². The van der Waals surface area contributed by atoms with Gasteiger partial charge in [0.2, 0.25) is 0 Å². The molecule has 4 heteroatoms. The molecule has 0 atom stereocenters. The van der Waals surface area contributed by atoms with E-state index in [1.807, 2.05) is 6.01 Å². The van der Waals surface area contributed by atoms with Gasteiger partial charge in [-0.25, -0.2) is 5.41 Å². The number of hydrogen-bond acceptors (Lipinski definition) is 4. The van der Waals surface area contributed by atoms with E-state index in [1.165, 1.54) is 7.11 Å². The van der Waals surface area contributed by atoms with E-state index < -0.39 is 0 Å². The molecule has 1 N–H and O–H groups in total. The smallest absolute Gasteiger partial charge is 0.187 e. The summed E-state index contributed by atoms with van der Waals surface area (Å²) in [7, 11) is 3.08. The molecule has 0 amide bonds. The van der Waals surface area contributed by atoms with Crippen molar-refractivity contribution in [2.24, 2.45) is 4.99 Å². The second kappa shape index (κ2) is 4.28. The molecule has 0 saturated carbocycles. The maximum Gasteiger partial charge on any atom is 0.187 e. The van der Waals surface area contributed by atoms with Gasteiger partial charge in [0.05, 0.1) is 20.2 Å². The minimum Gasteiger partial charge on any atom is -0.493 e. The molecule has 0 aromatic heterocycles. The highest BCUT2D eigenvalue weighted by molar-refractivity contribution is 5.63. The Balaban J connectivity index is 3.26. The van der Waals surface area contributed by atoms with Crippen molar-refractivity contribution in [1.82, 2.24) is 0 Å².